The summed E-state index contributed by atoms with van der Waals surface area (Å²) in [6, 6.07) is 3.68. The first-order valence-corrected chi connectivity index (χ1v) is 6.79. The van der Waals surface area contributed by atoms with Crippen LogP contribution in [-0.4, -0.2) is 15.0 Å². The average molecular weight is 291 g/mol. The minimum Gasteiger partial charge on any atom is -0.435 e. The molecule has 0 saturated heterocycles. The van der Waals surface area contributed by atoms with Crippen LogP contribution in [0.25, 0.3) is 0 Å². The van der Waals surface area contributed by atoms with Crippen LogP contribution in [0.3, 0.4) is 0 Å². The van der Waals surface area contributed by atoms with E-state index in [2.05, 4.69) is 4.74 Å². The lowest BCUT2D eigenvalue weighted by Gasteiger charge is -2.09. The molecule has 0 bridgehead atoms. The molecule has 0 N–H and O–H groups in total. The first-order chi connectivity index (χ1) is 7.28. The Morgan fingerprint density at radius 1 is 1.38 bits per heavy atom. The molecule has 0 aliphatic rings. The van der Waals surface area contributed by atoms with Crippen LogP contribution in [0.2, 0.25) is 5.02 Å². The van der Waals surface area contributed by atoms with E-state index in [9.17, 15) is 17.2 Å². The summed E-state index contributed by atoms with van der Waals surface area (Å²) in [5, 5.41) is 0.205. The third kappa shape index (κ3) is 4.51. The number of hydrogen-bond donors (Lipinski definition) is 0. The third-order valence-electron chi connectivity index (χ3n) is 1.57. The highest BCUT2D eigenvalue weighted by Crippen LogP contribution is 2.27. The fourth-order valence-electron chi connectivity index (χ4n) is 1.06. The SMILES string of the molecule is O=S(=O)(Cl)Cc1cc(Cl)ccc1OC(F)F. The Bertz CT molecular complexity index is 476. The van der Waals surface area contributed by atoms with Crippen molar-refractivity contribution in [3.8, 4) is 5.75 Å². The minimum absolute atomic E-state index is 0.0113. The van der Waals surface area contributed by atoms with Gasteiger partial charge < -0.3 is 4.74 Å². The van der Waals surface area contributed by atoms with Gasteiger partial charge in [0.25, 0.3) is 0 Å². The highest BCUT2D eigenvalue weighted by Gasteiger charge is 2.15. The van der Waals surface area contributed by atoms with Gasteiger partial charge in [-0.15, -0.1) is 0 Å². The summed E-state index contributed by atoms with van der Waals surface area (Å²) in [6.45, 7) is -3.04. The zero-order valence-corrected chi connectivity index (χ0v) is 9.99. The van der Waals surface area contributed by atoms with Crippen molar-refractivity contribution in [3.63, 3.8) is 0 Å². The summed E-state index contributed by atoms with van der Waals surface area (Å²) < 4.78 is 49.8. The van der Waals surface area contributed by atoms with E-state index < -0.39 is 21.4 Å². The largest absolute Gasteiger partial charge is 0.435 e. The molecule has 0 atom stereocenters. The van der Waals surface area contributed by atoms with Crippen LogP contribution < -0.4 is 4.74 Å². The second-order valence-corrected chi connectivity index (χ2v) is 6.03. The molecule has 16 heavy (non-hydrogen) atoms. The Kier molecular flexibility index (Phi) is 4.35. The van der Waals surface area contributed by atoms with E-state index in [0.717, 1.165) is 6.07 Å². The molecule has 0 spiro atoms. The van der Waals surface area contributed by atoms with Gasteiger partial charge in [-0.05, 0) is 18.2 Å². The molecular weight excluding hydrogens is 285 g/mol. The molecule has 8 heteroatoms. The molecule has 0 unspecified atom stereocenters. The second kappa shape index (κ2) is 5.16. The van der Waals surface area contributed by atoms with E-state index in [1.807, 2.05) is 0 Å². The van der Waals surface area contributed by atoms with Crippen LogP contribution in [0.15, 0.2) is 18.2 Å². The van der Waals surface area contributed by atoms with Crippen molar-refractivity contribution in [1.82, 2.24) is 0 Å². The van der Waals surface area contributed by atoms with E-state index in [4.69, 9.17) is 22.3 Å². The van der Waals surface area contributed by atoms with Gasteiger partial charge in [-0.1, -0.05) is 11.6 Å². The molecule has 0 aromatic heterocycles. The van der Waals surface area contributed by atoms with Gasteiger partial charge in [0, 0.05) is 21.3 Å². The number of ether oxygens (including phenoxy) is 1. The summed E-state index contributed by atoms with van der Waals surface area (Å²) in [5.74, 6) is -0.888. The van der Waals surface area contributed by atoms with Gasteiger partial charge in [-0.2, -0.15) is 8.78 Å². The van der Waals surface area contributed by atoms with Crippen molar-refractivity contribution in [3.05, 3.63) is 28.8 Å². The van der Waals surface area contributed by atoms with E-state index in [-0.39, 0.29) is 16.3 Å². The van der Waals surface area contributed by atoms with Gasteiger partial charge in [-0.25, -0.2) is 8.42 Å². The van der Waals surface area contributed by atoms with Crippen LogP contribution in [0, 0.1) is 0 Å². The Balaban J connectivity index is 3.08. The Morgan fingerprint density at radius 2 is 2.00 bits per heavy atom. The fraction of sp³-hybridized carbons (Fsp3) is 0.250. The quantitative estimate of drug-likeness (QED) is 0.801. The first-order valence-electron chi connectivity index (χ1n) is 3.93. The number of rotatable bonds is 4. The maximum Gasteiger partial charge on any atom is 0.387 e. The van der Waals surface area contributed by atoms with Crippen LogP contribution in [0.1, 0.15) is 5.56 Å². The first kappa shape index (κ1) is 13.5. The Labute approximate surface area is 100 Å². The zero-order valence-electron chi connectivity index (χ0n) is 7.66. The van der Waals surface area contributed by atoms with Crippen molar-refractivity contribution >= 4 is 31.3 Å². The maximum absolute atomic E-state index is 12.0. The van der Waals surface area contributed by atoms with Gasteiger partial charge in [0.2, 0.25) is 9.05 Å². The molecule has 1 aromatic carbocycles. The highest BCUT2D eigenvalue weighted by atomic mass is 35.7. The zero-order chi connectivity index (χ0) is 12.3. The molecular formula is C8H6Cl2F2O3S. The highest BCUT2D eigenvalue weighted by molar-refractivity contribution is 8.13. The summed E-state index contributed by atoms with van der Waals surface area (Å²) in [5.41, 5.74) is -0.0113. The molecule has 0 amide bonds. The molecule has 1 aromatic rings. The van der Waals surface area contributed by atoms with E-state index in [1.165, 1.54) is 12.1 Å². The number of hydrogen-bond acceptors (Lipinski definition) is 3. The fourth-order valence-corrected chi connectivity index (χ4v) is 2.20. The van der Waals surface area contributed by atoms with Gasteiger partial charge >= 0.3 is 6.61 Å². The Hall–Kier alpha value is -0.590. The van der Waals surface area contributed by atoms with Crippen LogP contribution in [0.4, 0.5) is 8.78 Å². The maximum atomic E-state index is 12.0. The van der Waals surface area contributed by atoms with Gasteiger partial charge in [0.15, 0.2) is 0 Å². The van der Waals surface area contributed by atoms with Crippen molar-refractivity contribution in [2.75, 3.05) is 0 Å². The summed E-state index contributed by atoms with van der Waals surface area (Å²) in [7, 11) is 1.15. The molecule has 0 aliphatic carbocycles. The lowest BCUT2D eigenvalue weighted by molar-refractivity contribution is -0.0503. The van der Waals surface area contributed by atoms with Gasteiger partial charge in [0.1, 0.15) is 5.75 Å². The number of alkyl halides is 2. The van der Waals surface area contributed by atoms with Crippen molar-refractivity contribution in [2.45, 2.75) is 12.4 Å². The minimum atomic E-state index is -3.86. The van der Waals surface area contributed by atoms with Crippen molar-refractivity contribution < 1.29 is 21.9 Å². The lowest BCUT2D eigenvalue weighted by atomic mass is 10.2. The molecule has 90 valence electrons. The lowest BCUT2D eigenvalue weighted by Crippen LogP contribution is -2.06. The number of benzene rings is 1. The normalized spacial score (nSPS) is 11.8. The van der Waals surface area contributed by atoms with E-state index in [1.54, 1.807) is 0 Å². The molecule has 0 fully saturated rings. The smallest absolute Gasteiger partial charge is 0.387 e. The van der Waals surface area contributed by atoms with Crippen LogP contribution >= 0.6 is 22.3 Å². The molecule has 0 heterocycles. The van der Waals surface area contributed by atoms with Gasteiger partial charge in [-0.3, -0.25) is 0 Å². The average Bonchev–Trinajstić information content (AvgIpc) is 2.06. The summed E-state index contributed by atoms with van der Waals surface area (Å²) in [6.07, 6.45) is 0. The topological polar surface area (TPSA) is 43.4 Å². The van der Waals surface area contributed by atoms with E-state index in [0.29, 0.717) is 0 Å². The molecule has 0 radical (unpaired) electrons. The standard InChI is InChI=1S/C8H6Cl2F2O3S/c9-6-1-2-7(15-8(11)12)5(3-6)4-16(10,13)14/h1-3,8H,4H2. The predicted octanol–water partition coefficient (Wildman–Crippen LogP) is 3.01. The summed E-state index contributed by atoms with van der Waals surface area (Å²) >= 11 is 5.60. The second-order valence-electron chi connectivity index (χ2n) is 2.81. The predicted molar refractivity (Wildman–Crippen MR) is 56.6 cm³/mol. The molecule has 1 rings (SSSR count). The van der Waals surface area contributed by atoms with Crippen LogP contribution in [-0.2, 0) is 14.8 Å². The van der Waals surface area contributed by atoms with Crippen molar-refractivity contribution in [2.24, 2.45) is 0 Å². The summed E-state index contributed by atoms with van der Waals surface area (Å²) in [4.78, 5) is 0. The van der Waals surface area contributed by atoms with Crippen LogP contribution in [0.5, 0.6) is 5.75 Å². The van der Waals surface area contributed by atoms with E-state index >= 15 is 0 Å². The molecule has 0 saturated carbocycles. The number of halogens is 4. The third-order valence-corrected chi connectivity index (χ3v) is 2.78. The Morgan fingerprint density at radius 3 is 2.50 bits per heavy atom. The monoisotopic (exact) mass is 290 g/mol. The van der Waals surface area contributed by atoms with Crippen molar-refractivity contribution in [1.29, 1.82) is 0 Å². The molecule has 0 aliphatic heterocycles. The molecule has 3 nitrogen and oxygen atoms in total. The van der Waals surface area contributed by atoms with Gasteiger partial charge in [0.05, 0.1) is 5.75 Å².